The third kappa shape index (κ3) is 5.61. The molecule has 11 heteroatoms. The summed E-state index contributed by atoms with van der Waals surface area (Å²) < 4.78 is 88.4. The summed E-state index contributed by atoms with van der Waals surface area (Å²) in [5.41, 5.74) is 5.93. The van der Waals surface area contributed by atoms with Crippen LogP contribution in [0.15, 0.2) is 65.6 Å². The van der Waals surface area contributed by atoms with Crippen LogP contribution in [-0.2, 0) is 16.2 Å². The predicted octanol–water partition coefficient (Wildman–Crippen LogP) is 6.36. The van der Waals surface area contributed by atoms with E-state index in [1.165, 1.54) is 18.2 Å². The van der Waals surface area contributed by atoms with Gasteiger partial charge in [-0.1, -0.05) is 35.9 Å². The van der Waals surface area contributed by atoms with Crippen molar-refractivity contribution in [2.45, 2.75) is 30.5 Å². The predicted molar refractivity (Wildman–Crippen MR) is 135 cm³/mol. The quantitative estimate of drug-likeness (QED) is 0.284. The van der Waals surface area contributed by atoms with Crippen LogP contribution in [0.25, 0.3) is 11.6 Å². The highest BCUT2D eigenvalue weighted by molar-refractivity contribution is 7.92. The molecule has 0 aromatic heterocycles. The van der Waals surface area contributed by atoms with Crippen LogP contribution in [0.5, 0.6) is 5.75 Å². The van der Waals surface area contributed by atoms with Crippen molar-refractivity contribution in [3.63, 3.8) is 0 Å². The molecule has 0 bridgehead atoms. The molecule has 3 aromatic carbocycles. The molecule has 1 aliphatic rings. The number of fused-ring (bicyclic) bond motifs is 1. The van der Waals surface area contributed by atoms with Crippen molar-refractivity contribution in [2.24, 2.45) is 5.73 Å². The van der Waals surface area contributed by atoms with E-state index in [1.807, 2.05) is 0 Å². The first-order valence-electron chi connectivity index (χ1n) is 11.3. The zero-order valence-electron chi connectivity index (χ0n) is 19.6. The van der Waals surface area contributed by atoms with Crippen LogP contribution in [0.2, 0.25) is 5.02 Å². The van der Waals surface area contributed by atoms with Crippen LogP contribution in [0, 0.1) is 5.82 Å². The van der Waals surface area contributed by atoms with E-state index in [9.17, 15) is 26.0 Å². The number of halogens is 5. The number of benzene rings is 3. The Morgan fingerprint density at radius 1 is 1.16 bits per heavy atom. The molecule has 0 aliphatic carbocycles. The molecule has 3 aromatic rings. The molecular formula is C26H23ClF4N2O3S. The number of ether oxygens (including phenoxy) is 1. The van der Waals surface area contributed by atoms with Crippen molar-refractivity contribution >= 4 is 39.0 Å². The molecule has 1 aliphatic heterocycles. The van der Waals surface area contributed by atoms with Crippen LogP contribution in [-0.4, -0.2) is 27.6 Å². The van der Waals surface area contributed by atoms with Gasteiger partial charge in [0.05, 0.1) is 27.7 Å². The summed E-state index contributed by atoms with van der Waals surface area (Å²) in [5, 5.41) is 0.216. The summed E-state index contributed by atoms with van der Waals surface area (Å²) >= 11 is 6.17. The minimum absolute atomic E-state index is 0.145. The first kappa shape index (κ1) is 27.0. The van der Waals surface area contributed by atoms with Gasteiger partial charge in [0.15, 0.2) is 0 Å². The Hall–Kier alpha value is -3.08. The third-order valence-corrected chi connectivity index (χ3v) is 7.98. The number of hydrogen-bond acceptors (Lipinski definition) is 4. The lowest BCUT2D eigenvalue weighted by Crippen LogP contribution is -2.44. The number of nitrogens with two attached hydrogens (primary N) is 1. The first-order chi connectivity index (χ1) is 17.4. The van der Waals surface area contributed by atoms with E-state index in [2.05, 4.69) is 0 Å². The highest BCUT2D eigenvalue weighted by Crippen LogP contribution is 2.40. The number of hydrogen-bond donors (Lipinski definition) is 1. The second-order valence-corrected chi connectivity index (χ2v) is 10.8. The van der Waals surface area contributed by atoms with Crippen LogP contribution >= 0.6 is 11.6 Å². The van der Waals surface area contributed by atoms with Gasteiger partial charge in [-0.2, -0.15) is 13.2 Å². The van der Waals surface area contributed by atoms with Crippen LogP contribution in [0.1, 0.15) is 30.0 Å². The lowest BCUT2D eigenvalue weighted by molar-refractivity contribution is -0.137. The van der Waals surface area contributed by atoms with Crippen molar-refractivity contribution in [2.75, 3.05) is 17.4 Å². The van der Waals surface area contributed by atoms with Gasteiger partial charge in [-0.3, -0.25) is 4.31 Å². The number of anilines is 1. The van der Waals surface area contributed by atoms with Crippen LogP contribution < -0.4 is 14.8 Å². The molecule has 1 atom stereocenters. The fourth-order valence-electron chi connectivity index (χ4n) is 4.14. The van der Waals surface area contributed by atoms with Gasteiger partial charge in [0.2, 0.25) is 0 Å². The van der Waals surface area contributed by atoms with Crippen LogP contribution in [0.4, 0.5) is 23.2 Å². The molecule has 0 spiro atoms. The Balaban J connectivity index is 1.81. The zero-order valence-corrected chi connectivity index (χ0v) is 21.2. The monoisotopic (exact) mass is 554 g/mol. The van der Waals surface area contributed by atoms with E-state index < -0.39 is 38.6 Å². The molecule has 0 saturated carbocycles. The molecule has 5 nitrogen and oxygen atoms in total. The van der Waals surface area contributed by atoms with Crippen molar-refractivity contribution < 1.29 is 30.7 Å². The Morgan fingerprint density at radius 3 is 2.57 bits per heavy atom. The van der Waals surface area contributed by atoms with Gasteiger partial charge in [0.25, 0.3) is 10.0 Å². The van der Waals surface area contributed by atoms with Gasteiger partial charge in [-0.05, 0) is 73.5 Å². The molecule has 0 unspecified atom stereocenters. The second-order valence-electron chi connectivity index (χ2n) is 8.53. The molecule has 37 heavy (non-hydrogen) atoms. The standard InChI is InChI=1S/C26H23ClF4N2O3S/c1-16(25-21(27)6-3-7-22(25)28)12-17-8-9-24-23(13-17)33(15-19(36-24)10-11-32)37(34,35)20-5-2-4-18(14-20)26(29,30)31/h2-9,12-14,19H,10-11,15,32H2,1H3/b16-12+/t19-/m0/s1. The van der Waals surface area contributed by atoms with E-state index in [0.29, 0.717) is 23.6 Å². The molecule has 196 valence electrons. The van der Waals surface area contributed by atoms with Gasteiger partial charge in [0, 0.05) is 5.56 Å². The highest BCUT2D eigenvalue weighted by Gasteiger charge is 2.37. The molecule has 0 radical (unpaired) electrons. The summed E-state index contributed by atoms with van der Waals surface area (Å²) in [7, 11) is -4.41. The minimum Gasteiger partial charge on any atom is -0.486 e. The first-order valence-corrected chi connectivity index (χ1v) is 13.1. The van der Waals surface area contributed by atoms with Crippen molar-refractivity contribution in [3.8, 4) is 5.75 Å². The maximum absolute atomic E-state index is 14.4. The average molecular weight is 555 g/mol. The molecule has 0 saturated heterocycles. The lowest BCUT2D eigenvalue weighted by atomic mass is 10.0. The van der Waals surface area contributed by atoms with Gasteiger partial charge < -0.3 is 10.5 Å². The number of rotatable bonds is 6. The Bertz CT molecular complexity index is 1440. The van der Waals surface area contributed by atoms with Crippen molar-refractivity contribution in [3.05, 3.63) is 88.2 Å². The fourth-order valence-corrected chi connectivity index (χ4v) is 6.00. The fraction of sp³-hybridized carbons (Fsp3) is 0.231. The average Bonchev–Trinajstić information content (AvgIpc) is 2.83. The Labute approximate surface area is 217 Å². The lowest BCUT2D eigenvalue weighted by Gasteiger charge is -2.35. The molecular weight excluding hydrogens is 532 g/mol. The van der Waals surface area contributed by atoms with Gasteiger partial charge in [-0.25, -0.2) is 12.8 Å². The smallest absolute Gasteiger partial charge is 0.416 e. The largest absolute Gasteiger partial charge is 0.486 e. The number of alkyl halides is 3. The molecule has 0 amide bonds. The molecule has 0 fully saturated rings. The molecule has 1 heterocycles. The second kappa shape index (κ2) is 10.4. The Kier molecular flexibility index (Phi) is 7.55. The van der Waals surface area contributed by atoms with Gasteiger partial charge >= 0.3 is 6.18 Å². The SMILES string of the molecule is C/C(=C\c1ccc2c(c1)N(S(=O)(=O)c1cccc(C(F)(F)F)c1)C[C@H](CCN)O2)c1c(F)cccc1Cl. The van der Waals surface area contributed by atoms with Crippen LogP contribution in [0.3, 0.4) is 0 Å². The summed E-state index contributed by atoms with van der Waals surface area (Å²) in [6.07, 6.45) is -3.34. The molecule has 2 N–H and O–H groups in total. The Morgan fingerprint density at radius 2 is 1.89 bits per heavy atom. The zero-order chi connectivity index (χ0) is 27.0. The summed E-state index contributed by atoms with van der Waals surface area (Å²) in [6, 6.07) is 12.7. The highest BCUT2D eigenvalue weighted by atomic mass is 35.5. The van der Waals surface area contributed by atoms with Gasteiger partial charge in [0.1, 0.15) is 17.7 Å². The number of sulfonamides is 1. The number of nitrogens with zero attached hydrogens (tertiary/aromatic N) is 1. The number of allylic oxidation sites excluding steroid dienone is 1. The van der Waals surface area contributed by atoms with Crippen molar-refractivity contribution in [1.29, 1.82) is 0 Å². The third-order valence-electron chi connectivity index (χ3n) is 5.89. The minimum atomic E-state index is -4.71. The summed E-state index contributed by atoms with van der Waals surface area (Å²) in [6.45, 7) is 1.74. The topological polar surface area (TPSA) is 72.6 Å². The van der Waals surface area contributed by atoms with E-state index in [1.54, 1.807) is 31.2 Å². The summed E-state index contributed by atoms with van der Waals surface area (Å²) in [5.74, 6) is -0.278. The van der Waals surface area contributed by atoms with Crippen molar-refractivity contribution in [1.82, 2.24) is 0 Å². The summed E-state index contributed by atoms with van der Waals surface area (Å²) in [4.78, 5) is -0.503. The van der Waals surface area contributed by atoms with E-state index in [4.69, 9.17) is 22.1 Å². The maximum atomic E-state index is 14.4. The van der Waals surface area contributed by atoms with E-state index in [0.717, 1.165) is 22.5 Å². The van der Waals surface area contributed by atoms with E-state index in [-0.39, 0.29) is 35.1 Å². The van der Waals surface area contributed by atoms with E-state index >= 15 is 0 Å². The maximum Gasteiger partial charge on any atom is 0.416 e. The normalized spacial score (nSPS) is 16.4. The van der Waals surface area contributed by atoms with Gasteiger partial charge in [-0.15, -0.1) is 0 Å². The molecule has 4 rings (SSSR count).